The van der Waals surface area contributed by atoms with Gasteiger partial charge in [0.1, 0.15) is 10.7 Å². The van der Waals surface area contributed by atoms with Gasteiger partial charge in [0.2, 0.25) is 5.91 Å². The number of nitrogens with one attached hydrogen (secondary N) is 2. The van der Waals surface area contributed by atoms with E-state index in [9.17, 15) is 9.59 Å². The van der Waals surface area contributed by atoms with Crippen LogP contribution in [-0.4, -0.2) is 27.5 Å². The Balaban J connectivity index is 1.28. The predicted octanol–water partition coefficient (Wildman–Crippen LogP) is 2.96. The van der Waals surface area contributed by atoms with Crippen molar-refractivity contribution in [1.29, 1.82) is 0 Å². The zero-order chi connectivity index (χ0) is 19.1. The van der Waals surface area contributed by atoms with Gasteiger partial charge in [-0.15, -0.1) is 11.3 Å². The number of hydrogen-bond donors (Lipinski definition) is 2. The van der Waals surface area contributed by atoms with E-state index in [1.54, 1.807) is 11.3 Å². The first kappa shape index (κ1) is 18.0. The molecule has 3 aromatic heterocycles. The van der Waals surface area contributed by atoms with E-state index in [0.717, 1.165) is 46.5 Å². The smallest absolute Gasteiger partial charge is 0.259 e. The van der Waals surface area contributed by atoms with Crippen molar-refractivity contribution >= 4 is 43.9 Å². The van der Waals surface area contributed by atoms with Crippen molar-refractivity contribution in [2.75, 3.05) is 11.9 Å². The fourth-order valence-electron chi connectivity index (χ4n) is 3.82. The van der Waals surface area contributed by atoms with Crippen molar-refractivity contribution in [2.45, 2.75) is 51.6 Å². The van der Waals surface area contributed by atoms with Gasteiger partial charge >= 0.3 is 0 Å². The van der Waals surface area contributed by atoms with Crippen molar-refractivity contribution in [1.82, 2.24) is 15.0 Å². The van der Waals surface area contributed by atoms with Gasteiger partial charge in [0, 0.05) is 24.1 Å². The molecule has 0 unspecified atom stereocenters. The van der Waals surface area contributed by atoms with E-state index in [4.69, 9.17) is 4.74 Å². The second kappa shape index (κ2) is 7.38. The van der Waals surface area contributed by atoms with Crippen LogP contribution in [0.5, 0.6) is 0 Å². The van der Waals surface area contributed by atoms with E-state index in [1.807, 2.05) is 0 Å². The average molecular weight is 417 g/mol. The topological polar surface area (TPSA) is 97.0 Å². The molecule has 2 N–H and O–H groups in total. The van der Waals surface area contributed by atoms with Crippen LogP contribution in [0.2, 0.25) is 0 Å². The third kappa shape index (κ3) is 3.38. The molecule has 28 heavy (non-hydrogen) atoms. The van der Waals surface area contributed by atoms with E-state index < -0.39 is 0 Å². The second-order valence-electron chi connectivity index (χ2n) is 7.14. The number of thiazole rings is 1. The summed E-state index contributed by atoms with van der Waals surface area (Å²) in [5.41, 5.74) is 2.12. The van der Waals surface area contributed by atoms with Crippen LogP contribution in [0.25, 0.3) is 10.2 Å². The number of amides is 1. The summed E-state index contributed by atoms with van der Waals surface area (Å²) < 4.78 is 5.41. The first-order valence-electron chi connectivity index (χ1n) is 9.57. The molecule has 7 nitrogen and oxygen atoms in total. The van der Waals surface area contributed by atoms with E-state index in [1.165, 1.54) is 28.2 Å². The lowest BCUT2D eigenvalue weighted by Crippen LogP contribution is -2.16. The zero-order valence-corrected chi connectivity index (χ0v) is 16.9. The molecule has 0 aromatic carbocycles. The van der Waals surface area contributed by atoms with Crippen LogP contribution >= 0.6 is 22.7 Å². The number of rotatable bonds is 4. The predicted molar refractivity (Wildman–Crippen MR) is 109 cm³/mol. The van der Waals surface area contributed by atoms with Gasteiger partial charge in [-0.1, -0.05) is 11.3 Å². The van der Waals surface area contributed by atoms with Gasteiger partial charge in [0.15, 0.2) is 5.13 Å². The molecule has 0 atom stereocenters. The Labute approximate surface area is 169 Å². The highest BCUT2D eigenvalue weighted by Crippen LogP contribution is 2.33. The Morgan fingerprint density at radius 1 is 1.14 bits per heavy atom. The molecule has 0 saturated carbocycles. The van der Waals surface area contributed by atoms with Gasteiger partial charge in [-0.25, -0.2) is 9.97 Å². The fraction of sp³-hybridized carbons (Fsp3) is 0.474. The van der Waals surface area contributed by atoms with Crippen LogP contribution in [0.4, 0.5) is 5.13 Å². The number of thiophene rings is 1. The molecule has 0 radical (unpaired) electrons. The number of ether oxygens (including phenoxy) is 1. The maximum absolute atomic E-state index is 12.6. The summed E-state index contributed by atoms with van der Waals surface area (Å²) in [6.45, 7) is 1.25. The van der Waals surface area contributed by atoms with Crippen molar-refractivity contribution in [3.05, 3.63) is 37.2 Å². The van der Waals surface area contributed by atoms with E-state index in [2.05, 4.69) is 20.3 Å². The first-order chi connectivity index (χ1) is 13.7. The maximum Gasteiger partial charge on any atom is 0.259 e. The minimum absolute atomic E-state index is 0.0765. The van der Waals surface area contributed by atoms with Gasteiger partial charge in [-0.3, -0.25) is 9.59 Å². The molecular weight excluding hydrogens is 396 g/mol. The number of fused-ring (bicyclic) bond motifs is 4. The minimum atomic E-state index is -0.125. The van der Waals surface area contributed by atoms with E-state index in [0.29, 0.717) is 30.6 Å². The molecule has 2 aliphatic rings. The number of aryl methyl sites for hydroxylation is 3. The zero-order valence-electron chi connectivity index (χ0n) is 15.3. The number of carbonyl (C=O) groups is 1. The quantitative estimate of drug-likeness (QED) is 0.682. The van der Waals surface area contributed by atoms with Gasteiger partial charge in [0.05, 0.1) is 29.2 Å². The third-order valence-corrected chi connectivity index (χ3v) is 7.38. The summed E-state index contributed by atoms with van der Waals surface area (Å²) in [5, 5.41) is 4.22. The summed E-state index contributed by atoms with van der Waals surface area (Å²) in [6.07, 6.45) is 5.75. The normalized spacial score (nSPS) is 16.0. The average Bonchev–Trinajstić information content (AvgIpc) is 3.26. The Bertz CT molecular complexity index is 1090. The number of anilines is 1. The molecule has 1 amide bonds. The van der Waals surface area contributed by atoms with Gasteiger partial charge in [-0.2, -0.15) is 0 Å². The molecule has 5 rings (SSSR count). The molecule has 1 aliphatic heterocycles. The van der Waals surface area contributed by atoms with Crippen molar-refractivity contribution in [3.63, 3.8) is 0 Å². The lowest BCUT2D eigenvalue weighted by atomic mass is 9.97. The fourth-order valence-corrected chi connectivity index (χ4v) is 6.06. The highest BCUT2D eigenvalue weighted by molar-refractivity contribution is 7.18. The lowest BCUT2D eigenvalue weighted by Gasteiger charge is -2.09. The summed E-state index contributed by atoms with van der Waals surface area (Å²) in [6, 6.07) is 0. The van der Waals surface area contributed by atoms with Gasteiger partial charge in [0.25, 0.3) is 5.56 Å². The molecular formula is C19H20N4O3S2. The summed E-state index contributed by atoms with van der Waals surface area (Å²) >= 11 is 3.09. The number of H-pyrrole nitrogens is 1. The highest BCUT2D eigenvalue weighted by atomic mass is 32.1. The van der Waals surface area contributed by atoms with Crippen LogP contribution in [-0.2, 0) is 41.8 Å². The molecule has 0 spiro atoms. The molecule has 0 saturated heterocycles. The summed E-state index contributed by atoms with van der Waals surface area (Å²) in [4.78, 5) is 40.0. The number of carbonyl (C=O) groups excluding carboxylic acids is 1. The monoisotopic (exact) mass is 416 g/mol. The molecule has 0 bridgehead atoms. The van der Waals surface area contributed by atoms with E-state index >= 15 is 0 Å². The highest BCUT2D eigenvalue weighted by Gasteiger charge is 2.20. The number of nitrogens with zero attached hydrogens (tertiary/aromatic N) is 2. The number of aromatic nitrogens is 3. The van der Waals surface area contributed by atoms with Crippen molar-refractivity contribution in [3.8, 4) is 0 Å². The minimum Gasteiger partial charge on any atom is -0.375 e. The molecule has 4 heterocycles. The van der Waals surface area contributed by atoms with E-state index in [-0.39, 0.29) is 17.9 Å². The third-order valence-electron chi connectivity index (χ3n) is 5.20. The molecule has 3 aromatic rings. The maximum atomic E-state index is 12.6. The Kier molecular flexibility index (Phi) is 4.73. The number of aromatic amines is 1. The molecule has 146 valence electrons. The SMILES string of the molecule is O=C(CCc1nc2sc3c(c2c(=O)[nH]1)CCCC3)Nc1nc2c(s1)COCC2. The molecule has 0 fully saturated rings. The van der Waals surface area contributed by atoms with Crippen molar-refractivity contribution in [2.24, 2.45) is 0 Å². The standard InChI is InChI=1S/C19H20N4O3S2/c24-15(23-19-20-11-7-8-26-9-13(11)28-19)6-5-14-21-17(25)16-10-3-1-2-4-12(10)27-18(16)22-14/h1-9H2,(H,20,23,24)(H,21,22,25). The van der Waals surface area contributed by atoms with Gasteiger partial charge in [-0.05, 0) is 31.2 Å². The Hall–Kier alpha value is -2.10. The second-order valence-corrected chi connectivity index (χ2v) is 9.31. The summed E-state index contributed by atoms with van der Waals surface area (Å²) in [5.74, 6) is 0.443. The van der Waals surface area contributed by atoms with Crippen LogP contribution in [0.1, 0.15) is 46.1 Å². The Morgan fingerprint density at radius 2 is 2.04 bits per heavy atom. The molecule has 9 heteroatoms. The largest absolute Gasteiger partial charge is 0.375 e. The van der Waals surface area contributed by atoms with Crippen molar-refractivity contribution < 1.29 is 9.53 Å². The number of hydrogen-bond acceptors (Lipinski definition) is 7. The first-order valence-corrected chi connectivity index (χ1v) is 11.2. The van der Waals surface area contributed by atoms with Crippen LogP contribution in [0.15, 0.2) is 4.79 Å². The van der Waals surface area contributed by atoms with Gasteiger partial charge < -0.3 is 15.0 Å². The van der Waals surface area contributed by atoms with Crippen LogP contribution < -0.4 is 10.9 Å². The molecule has 1 aliphatic carbocycles. The Morgan fingerprint density at radius 3 is 2.93 bits per heavy atom. The lowest BCUT2D eigenvalue weighted by molar-refractivity contribution is -0.116. The van der Waals surface area contributed by atoms with Crippen LogP contribution in [0, 0.1) is 0 Å². The summed E-state index contributed by atoms with van der Waals surface area (Å²) in [7, 11) is 0. The van der Waals surface area contributed by atoms with Crippen LogP contribution in [0.3, 0.4) is 0 Å².